The fraction of sp³-hybridized carbons (Fsp3) is 0.474. The van der Waals surface area contributed by atoms with E-state index in [1.54, 1.807) is 18.5 Å². The van der Waals surface area contributed by atoms with E-state index in [9.17, 15) is 17.6 Å². The van der Waals surface area contributed by atoms with Gasteiger partial charge in [0.2, 0.25) is 10.0 Å². The van der Waals surface area contributed by atoms with Crippen molar-refractivity contribution in [3.8, 4) is 0 Å². The summed E-state index contributed by atoms with van der Waals surface area (Å²) in [7, 11) is -3.71. The molecule has 0 aliphatic carbocycles. The number of hydrogen-bond donors (Lipinski definition) is 2. The van der Waals surface area contributed by atoms with Crippen LogP contribution < -0.4 is 10.0 Å². The summed E-state index contributed by atoms with van der Waals surface area (Å²) in [6.45, 7) is 9.75. The predicted molar refractivity (Wildman–Crippen MR) is 105 cm³/mol. The zero-order chi connectivity index (χ0) is 21.1. The van der Waals surface area contributed by atoms with Crippen molar-refractivity contribution in [1.29, 1.82) is 0 Å². The number of sulfonamides is 1. The third-order valence-electron chi connectivity index (χ3n) is 4.17. The largest absolute Gasteiger partial charge is 0.352 e. The summed E-state index contributed by atoms with van der Waals surface area (Å²) >= 11 is 0. The van der Waals surface area contributed by atoms with Crippen LogP contribution in [-0.4, -0.2) is 37.2 Å². The van der Waals surface area contributed by atoms with Gasteiger partial charge in [-0.1, -0.05) is 0 Å². The average molecular weight is 411 g/mol. The normalized spacial score (nSPS) is 12.2. The van der Waals surface area contributed by atoms with E-state index in [-0.39, 0.29) is 29.4 Å². The second kappa shape index (κ2) is 8.40. The lowest BCUT2D eigenvalue weighted by Crippen LogP contribution is -2.30. The highest BCUT2D eigenvalue weighted by Gasteiger charge is 2.28. The molecule has 1 aromatic carbocycles. The van der Waals surface area contributed by atoms with Gasteiger partial charge in [0.15, 0.2) is 0 Å². The van der Waals surface area contributed by atoms with Crippen molar-refractivity contribution in [3.63, 3.8) is 0 Å². The lowest BCUT2D eigenvalue weighted by Gasteiger charge is -2.21. The van der Waals surface area contributed by atoms with E-state index >= 15 is 0 Å². The van der Waals surface area contributed by atoms with E-state index in [2.05, 4.69) is 15.1 Å². The fourth-order valence-electron chi connectivity index (χ4n) is 2.94. The first-order valence-electron chi connectivity index (χ1n) is 9.03. The molecule has 9 heteroatoms. The molecule has 28 heavy (non-hydrogen) atoms. The van der Waals surface area contributed by atoms with Crippen LogP contribution in [0.1, 0.15) is 48.9 Å². The van der Waals surface area contributed by atoms with Gasteiger partial charge in [0.25, 0.3) is 5.91 Å². The molecule has 0 bridgehead atoms. The first-order chi connectivity index (χ1) is 12.9. The lowest BCUT2D eigenvalue weighted by molar-refractivity contribution is 0.0953. The van der Waals surface area contributed by atoms with Crippen LogP contribution in [0.2, 0.25) is 0 Å². The third-order valence-corrected chi connectivity index (χ3v) is 5.88. The topological polar surface area (TPSA) is 93.1 Å². The van der Waals surface area contributed by atoms with E-state index in [0.717, 1.165) is 0 Å². The Labute approximate surface area is 165 Å². The molecule has 154 valence electrons. The maximum absolute atomic E-state index is 12.9. The fourth-order valence-corrected chi connectivity index (χ4v) is 4.41. The van der Waals surface area contributed by atoms with Gasteiger partial charge >= 0.3 is 0 Å². The monoisotopic (exact) mass is 410 g/mol. The van der Waals surface area contributed by atoms with Gasteiger partial charge in [-0.3, -0.25) is 9.48 Å². The summed E-state index contributed by atoms with van der Waals surface area (Å²) in [5.41, 5.74) is 1.06. The molecule has 0 unspecified atom stereocenters. The van der Waals surface area contributed by atoms with Crippen LogP contribution in [0.25, 0.3) is 0 Å². The van der Waals surface area contributed by atoms with E-state index in [4.69, 9.17) is 0 Å². The molecule has 0 fully saturated rings. The SMILES string of the molecule is Cc1nn(C(C)(C)C)c(C)c1S(=O)(=O)NCCCNC(=O)c1ccc(F)cc1. The number of amides is 1. The number of aryl methyl sites for hydroxylation is 1. The number of carbonyl (C=O) groups excluding carboxylic acids is 1. The molecule has 1 aromatic heterocycles. The Morgan fingerprint density at radius 2 is 1.75 bits per heavy atom. The molecule has 0 saturated heterocycles. The van der Waals surface area contributed by atoms with Crippen molar-refractivity contribution in [2.45, 2.75) is 51.5 Å². The minimum Gasteiger partial charge on any atom is -0.352 e. The molecule has 7 nitrogen and oxygen atoms in total. The van der Waals surface area contributed by atoms with Gasteiger partial charge < -0.3 is 5.32 Å². The Morgan fingerprint density at radius 1 is 1.14 bits per heavy atom. The van der Waals surface area contributed by atoms with Crippen molar-refractivity contribution in [1.82, 2.24) is 19.8 Å². The Balaban J connectivity index is 1.91. The quantitative estimate of drug-likeness (QED) is 0.686. The molecule has 0 aliphatic rings. The number of rotatable bonds is 7. The summed E-state index contributed by atoms with van der Waals surface area (Å²) in [4.78, 5) is 12.1. The van der Waals surface area contributed by atoms with E-state index in [1.807, 2.05) is 20.8 Å². The second-order valence-electron chi connectivity index (χ2n) is 7.60. The van der Waals surface area contributed by atoms with Gasteiger partial charge in [0.1, 0.15) is 10.7 Å². The van der Waals surface area contributed by atoms with Gasteiger partial charge in [0, 0.05) is 18.7 Å². The minimum absolute atomic E-state index is 0.172. The van der Waals surface area contributed by atoms with Crippen LogP contribution >= 0.6 is 0 Å². The van der Waals surface area contributed by atoms with Gasteiger partial charge in [-0.15, -0.1) is 0 Å². The molecule has 0 aliphatic heterocycles. The highest BCUT2D eigenvalue weighted by molar-refractivity contribution is 7.89. The summed E-state index contributed by atoms with van der Waals surface area (Å²) in [5.74, 6) is -0.743. The first kappa shape index (κ1) is 22.0. The summed E-state index contributed by atoms with van der Waals surface area (Å²) in [5, 5.41) is 7.05. The summed E-state index contributed by atoms with van der Waals surface area (Å²) < 4.78 is 42.5. The first-order valence-corrected chi connectivity index (χ1v) is 10.5. The highest BCUT2D eigenvalue weighted by atomic mass is 32.2. The van der Waals surface area contributed by atoms with E-state index < -0.39 is 15.8 Å². The lowest BCUT2D eigenvalue weighted by atomic mass is 10.1. The predicted octanol–water partition coefficient (Wildman–Crippen LogP) is 2.49. The van der Waals surface area contributed by atoms with Gasteiger partial charge in [-0.05, 0) is 65.3 Å². The summed E-state index contributed by atoms with van der Waals surface area (Å²) in [6, 6.07) is 5.22. The van der Waals surface area contributed by atoms with Crippen LogP contribution in [0.5, 0.6) is 0 Å². The van der Waals surface area contributed by atoms with Crippen molar-refractivity contribution in [3.05, 3.63) is 47.0 Å². The molecule has 1 amide bonds. The van der Waals surface area contributed by atoms with Gasteiger partial charge in [-0.2, -0.15) is 5.10 Å². The van der Waals surface area contributed by atoms with Crippen LogP contribution in [0.4, 0.5) is 4.39 Å². The minimum atomic E-state index is -3.71. The molecule has 0 atom stereocenters. The van der Waals surface area contributed by atoms with Crippen molar-refractivity contribution >= 4 is 15.9 Å². The van der Waals surface area contributed by atoms with Crippen LogP contribution in [-0.2, 0) is 15.6 Å². The molecular formula is C19H27FN4O3S. The van der Waals surface area contributed by atoms with E-state index in [0.29, 0.717) is 23.4 Å². The summed E-state index contributed by atoms with van der Waals surface area (Å²) in [6.07, 6.45) is 0.414. The Morgan fingerprint density at radius 3 is 2.29 bits per heavy atom. The molecule has 2 rings (SSSR count). The van der Waals surface area contributed by atoms with E-state index in [1.165, 1.54) is 24.3 Å². The molecule has 0 spiro atoms. The number of carbonyl (C=O) groups is 1. The zero-order valence-corrected chi connectivity index (χ0v) is 17.7. The van der Waals surface area contributed by atoms with Crippen molar-refractivity contribution in [2.75, 3.05) is 13.1 Å². The van der Waals surface area contributed by atoms with Gasteiger partial charge in [0.05, 0.1) is 16.9 Å². The van der Waals surface area contributed by atoms with Crippen LogP contribution in [0.3, 0.4) is 0 Å². The molecule has 0 saturated carbocycles. The number of halogens is 1. The third kappa shape index (κ3) is 5.17. The zero-order valence-electron chi connectivity index (χ0n) is 16.8. The molecule has 2 aromatic rings. The standard InChI is InChI=1S/C19H27FN4O3S/c1-13-17(14(2)24(23-13)19(3,4)5)28(26,27)22-12-6-11-21-18(25)15-7-9-16(20)10-8-15/h7-10,22H,6,11-12H2,1-5H3,(H,21,25). The Kier molecular flexibility index (Phi) is 6.61. The van der Waals surface area contributed by atoms with Crippen LogP contribution in [0.15, 0.2) is 29.2 Å². The van der Waals surface area contributed by atoms with Crippen molar-refractivity contribution in [2.24, 2.45) is 0 Å². The maximum atomic E-state index is 12.9. The number of nitrogens with one attached hydrogen (secondary N) is 2. The number of hydrogen-bond acceptors (Lipinski definition) is 4. The van der Waals surface area contributed by atoms with Gasteiger partial charge in [-0.25, -0.2) is 17.5 Å². The van der Waals surface area contributed by atoms with Crippen LogP contribution in [0, 0.1) is 19.7 Å². The second-order valence-corrected chi connectivity index (χ2v) is 9.30. The molecule has 1 heterocycles. The average Bonchev–Trinajstić information content (AvgIpc) is 2.90. The Bertz CT molecular complexity index is 945. The molecule has 0 radical (unpaired) electrons. The molecular weight excluding hydrogens is 383 g/mol. The number of benzene rings is 1. The van der Waals surface area contributed by atoms with Crippen molar-refractivity contribution < 1.29 is 17.6 Å². The smallest absolute Gasteiger partial charge is 0.251 e. The Hall–Kier alpha value is -2.26. The molecule has 2 N–H and O–H groups in total. The number of nitrogens with zero attached hydrogens (tertiary/aromatic N) is 2. The maximum Gasteiger partial charge on any atom is 0.251 e. The highest BCUT2D eigenvalue weighted by Crippen LogP contribution is 2.24. The number of aromatic nitrogens is 2.